The van der Waals surface area contributed by atoms with Crippen molar-refractivity contribution in [2.45, 2.75) is 38.4 Å². The summed E-state index contributed by atoms with van der Waals surface area (Å²) >= 11 is 13.0. The van der Waals surface area contributed by atoms with Crippen molar-refractivity contribution in [3.8, 4) is 22.6 Å². The van der Waals surface area contributed by atoms with E-state index in [0.29, 0.717) is 44.7 Å². The van der Waals surface area contributed by atoms with Gasteiger partial charge in [0.1, 0.15) is 29.1 Å². The van der Waals surface area contributed by atoms with Gasteiger partial charge in [0.15, 0.2) is 5.60 Å². The minimum atomic E-state index is -1.48. The van der Waals surface area contributed by atoms with Crippen molar-refractivity contribution in [2.24, 2.45) is 11.8 Å². The van der Waals surface area contributed by atoms with Crippen molar-refractivity contribution in [1.29, 1.82) is 0 Å². The number of rotatable bonds is 6. The molecule has 3 atom stereocenters. The van der Waals surface area contributed by atoms with E-state index in [4.69, 9.17) is 32.7 Å². The molecule has 7 rings (SSSR count). The molecule has 0 aromatic heterocycles. The summed E-state index contributed by atoms with van der Waals surface area (Å²) in [4.78, 5) is 26.5. The number of hydrogen-bond acceptors (Lipinski definition) is 6. The Labute approximate surface area is 276 Å². The van der Waals surface area contributed by atoms with Gasteiger partial charge in [0.2, 0.25) is 0 Å². The molecule has 0 fully saturated rings. The van der Waals surface area contributed by atoms with Crippen LogP contribution in [0, 0.1) is 11.8 Å². The number of aliphatic hydroxyl groups is 1. The molecule has 2 heterocycles. The highest BCUT2D eigenvalue weighted by Gasteiger charge is 2.61. The van der Waals surface area contributed by atoms with Gasteiger partial charge in [-0.1, -0.05) is 104 Å². The molecule has 4 aromatic carbocycles. The van der Waals surface area contributed by atoms with Gasteiger partial charge >= 0.3 is 5.97 Å². The monoisotopic (exact) mass is 652 g/mol. The van der Waals surface area contributed by atoms with E-state index >= 15 is 0 Å². The molecule has 0 saturated carbocycles. The molecule has 2 N–H and O–H groups in total. The van der Waals surface area contributed by atoms with E-state index in [1.165, 1.54) is 6.07 Å². The molecule has 0 radical (unpaired) electrons. The lowest BCUT2D eigenvalue weighted by atomic mass is 9.66. The van der Waals surface area contributed by atoms with Gasteiger partial charge in [-0.15, -0.1) is 0 Å². The van der Waals surface area contributed by atoms with Gasteiger partial charge in [-0.2, -0.15) is 0 Å². The first-order valence-electron chi connectivity index (χ1n) is 15.2. The number of phenols is 1. The molecule has 3 unspecified atom stereocenters. The second-order valence-corrected chi connectivity index (χ2v) is 13.0. The fourth-order valence-corrected chi connectivity index (χ4v) is 7.23. The zero-order valence-electron chi connectivity index (χ0n) is 25.1. The van der Waals surface area contributed by atoms with E-state index in [-0.39, 0.29) is 51.7 Å². The maximum atomic E-state index is 13.8. The normalized spacial score (nSPS) is 21.3. The molecule has 0 bridgehead atoms. The highest BCUT2D eigenvalue weighted by atomic mass is 35.5. The van der Waals surface area contributed by atoms with Crippen LogP contribution in [0.5, 0.6) is 11.5 Å². The standard InChI is InChI=1S/C38H30Cl2O6/c1-20(2)30(41)15-13-23-17-27-36(33(34(23)43)22-11-7-4-8-12-22)45-35-25(14-16-31(42)32(35)21-9-5-3-6-10-21)38(27)26-19-29(40)28(39)18-24(26)37(44)46-38/h3-12,14,16-20,27,36,42-43H,13,15H2,1-2H3. The number of fused-ring (bicyclic) bond motifs is 6. The number of carbonyl (C=O) groups is 2. The molecular formula is C38H30Cl2O6. The van der Waals surface area contributed by atoms with Crippen molar-refractivity contribution in [3.05, 3.63) is 135 Å². The molecular weight excluding hydrogens is 623 g/mol. The first-order chi connectivity index (χ1) is 22.1. The third-order valence-electron chi connectivity index (χ3n) is 9.17. The number of hydrogen-bond donors (Lipinski definition) is 2. The van der Waals surface area contributed by atoms with E-state index in [1.807, 2.05) is 80.6 Å². The van der Waals surface area contributed by atoms with Crippen LogP contribution >= 0.6 is 23.2 Å². The van der Waals surface area contributed by atoms with Gasteiger partial charge in [-0.3, -0.25) is 4.79 Å². The number of halogens is 2. The van der Waals surface area contributed by atoms with Gasteiger partial charge in [-0.05, 0) is 47.4 Å². The van der Waals surface area contributed by atoms with Crippen molar-refractivity contribution in [2.75, 3.05) is 0 Å². The van der Waals surface area contributed by atoms with E-state index in [2.05, 4.69) is 0 Å². The van der Waals surface area contributed by atoms with Crippen molar-refractivity contribution >= 4 is 40.5 Å². The average Bonchev–Trinajstić information content (AvgIpc) is 3.32. The van der Waals surface area contributed by atoms with Crippen LogP contribution in [0.15, 0.2) is 102 Å². The SMILES string of the molecule is CC(C)C(=O)CCC1=CC2C(Oc3c(ccc(O)c3-c3ccccc3)C23OC(=O)c2cc(Cl)c(Cl)cc23)C(c2ccccc2)=C1O. The van der Waals surface area contributed by atoms with Crippen LogP contribution in [0.1, 0.15) is 53.7 Å². The van der Waals surface area contributed by atoms with E-state index in [1.54, 1.807) is 18.2 Å². The maximum Gasteiger partial charge on any atom is 0.339 e. The predicted molar refractivity (Wildman–Crippen MR) is 177 cm³/mol. The first kappa shape index (κ1) is 30.2. The number of aliphatic hydroxyl groups excluding tert-OH is 1. The Hall–Kier alpha value is -4.52. The van der Waals surface area contributed by atoms with Gasteiger partial charge in [0, 0.05) is 29.0 Å². The minimum Gasteiger partial charge on any atom is -0.507 e. The third-order valence-corrected chi connectivity index (χ3v) is 9.89. The van der Waals surface area contributed by atoms with Crippen LogP contribution in [-0.4, -0.2) is 28.1 Å². The zero-order valence-corrected chi connectivity index (χ0v) is 26.6. The van der Waals surface area contributed by atoms with Gasteiger partial charge in [-0.25, -0.2) is 4.79 Å². The topological polar surface area (TPSA) is 93.1 Å². The van der Waals surface area contributed by atoms with Crippen molar-refractivity contribution in [1.82, 2.24) is 0 Å². The Morgan fingerprint density at radius 3 is 2.22 bits per heavy atom. The van der Waals surface area contributed by atoms with E-state index in [0.717, 1.165) is 0 Å². The highest BCUT2D eigenvalue weighted by Crippen LogP contribution is 2.61. The molecule has 46 heavy (non-hydrogen) atoms. The Bertz CT molecular complexity index is 1960. The number of ketones is 1. The van der Waals surface area contributed by atoms with Gasteiger partial charge in [0.25, 0.3) is 0 Å². The Morgan fingerprint density at radius 2 is 1.54 bits per heavy atom. The fourth-order valence-electron chi connectivity index (χ4n) is 6.90. The molecule has 1 aliphatic carbocycles. The zero-order chi connectivity index (χ0) is 32.3. The van der Waals surface area contributed by atoms with Crippen LogP contribution in [0.2, 0.25) is 10.0 Å². The number of esters is 1. The van der Waals surface area contributed by atoms with Crippen molar-refractivity contribution < 1.29 is 29.3 Å². The second kappa shape index (κ2) is 11.4. The average molecular weight is 654 g/mol. The molecule has 3 aliphatic rings. The van der Waals surface area contributed by atoms with Gasteiger partial charge in [0.05, 0.1) is 27.1 Å². The van der Waals surface area contributed by atoms with Crippen LogP contribution in [0.25, 0.3) is 16.7 Å². The van der Waals surface area contributed by atoms with E-state index in [9.17, 15) is 19.8 Å². The number of benzene rings is 4. The molecule has 8 heteroatoms. The molecule has 232 valence electrons. The number of ether oxygens (including phenoxy) is 2. The summed E-state index contributed by atoms with van der Waals surface area (Å²) in [5.41, 5.74) is 2.64. The summed E-state index contributed by atoms with van der Waals surface area (Å²) in [6.45, 7) is 3.70. The lowest BCUT2D eigenvalue weighted by molar-refractivity contribution is -0.121. The molecule has 4 aromatic rings. The number of carbonyl (C=O) groups excluding carboxylic acids is 2. The van der Waals surface area contributed by atoms with E-state index < -0.39 is 23.6 Å². The first-order valence-corrected chi connectivity index (χ1v) is 15.9. The number of phenolic OH excluding ortho intramolecular Hbond substituents is 1. The summed E-state index contributed by atoms with van der Waals surface area (Å²) in [5, 5.41) is 23.7. The van der Waals surface area contributed by atoms with Crippen LogP contribution in [0.4, 0.5) is 0 Å². The number of Topliss-reactive ketones (excluding diaryl/α,β-unsaturated/α-hetero) is 1. The molecule has 0 saturated heterocycles. The largest absolute Gasteiger partial charge is 0.507 e. The van der Waals surface area contributed by atoms with Crippen LogP contribution in [-0.2, 0) is 15.1 Å². The summed E-state index contributed by atoms with van der Waals surface area (Å²) in [7, 11) is 0. The number of allylic oxidation sites excluding steroid dienone is 1. The van der Waals surface area contributed by atoms with Crippen molar-refractivity contribution in [3.63, 3.8) is 0 Å². The molecule has 0 amide bonds. The second-order valence-electron chi connectivity index (χ2n) is 12.1. The smallest absolute Gasteiger partial charge is 0.339 e. The molecule has 1 spiro atoms. The quantitative estimate of drug-likeness (QED) is 0.202. The van der Waals surface area contributed by atoms with Crippen LogP contribution < -0.4 is 4.74 Å². The Morgan fingerprint density at radius 1 is 0.891 bits per heavy atom. The third kappa shape index (κ3) is 4.62. The number of aromatic hydroxyl groups is 1. The summed E-state index contributed by atoms with van der Waals surface area (Å²) < 4.78 is 13.4. The predicted octanol–water partition coefficient (Wildman–Crippen LogP) is 9.07. The maximum absolute atomic E-state index is 13.8. The minimum absolute atomic E-state index is 0.00251. The summed E-state index contributed by atoms with van der Waals surface area (Å²) in [6, 6.07) is 25.1. The Balaban J connectivity index is 1.55. The lowest BCUT2D eigenvalue weighted by Gasteiger charge is -2.48. The molecule has 6 nitrogen and oxygen atoms in total. The van der Waals surface area contributed by atoms with Gasteiger partial charge < -0.3 is 19.7 Å². The summed E-state index contributed by atoms with van der Waals surface area (Å²) in [6.07, 6.45) is 1.49. The Kier molecular flexibility index (Phi) is 7.46. The fraction of sp³-hybridized carbons (Fsp3) is 0.211. The summed E-state index contributed by atoms with van der Waals surface area (Å²) in [5.74, 6) is -1.09. The highest BCUT2D eigenvalue weighted by molar-refractivity contribution is 6.42. The molecule has 2 aliphatic heterocycles. The lowest BCUT2D eigenvalue weighted by Crippen LogP contribution is -2.50. The van der Waals surface area contributed by atoms with Crippen LogP contribution in [0.3, 0.4) is 0 Å².